The molecular weight excluding hydrogens is 200 g/mol. The minimum absolute atomic E-state index is 0.252. The summed E-state index contributed by atoms with van der Waals surface area (Å²) in [6.07, 6.45) is 0.598. The van der Waals surface area contributed by atoms with Crippen LogP contribution in [-0.2, 0) is 0 Å². The summed E-state index contributed by atoms with van der Waals surface area (Å²) in [6, 6.07) is 0. The van der Waals surface area contributed by atoms with E-state index in [4.69, 9.17) is 10.8 Å². The van der Waals surface area contributed by atoms with Crippen molar-refractivity contribution in [3.63, 3.8) is 0 Å². The Balaban J connectivity index is 2.88. The fourth-order valence-electron chi connectivity index (χ4n) is 0.859. The highest BCUT2D eigenvalue weighted by molar-refractivity contribution is 7.14. The minimum atomic E-state index is -0.952. The minimum Gasteiger partial charge on any atom is -0.477 e. The fraction of sp³-hybridized carbons (Fsp3) is 0.333. The molecule has 1 heterocycles. The van der Waals surface area contributed by atoms with Crippen molar-refractivity contribution in [2.24, 2.45) is 5.73 Å². The third-order valence-electron chi connectivity index (χ3n) is 1.46. The largest absolute Gasteiger partial charge is 0.477 e. The Morgan fingerprint density at radius 2 is 2.43 bits per heavy atom. The number of carboxylic acid groups (broad SMARTS) is 1. The molecule has 0 radical (unpaired) electrons. The molecule has 0 atom stereocenters. The SMILES string of the molecule is Cc1nc(C#CCCN)sc1C(=O)O. The van der Waals surface area contributed by atoms with Gasteiger partial charge in [0.15, 0.2) is 5.01 Å². The molecule has 0 aliphatic carbocycles. The van der Waals surface area contributed by atoms with E-state index in [1.165, 1.54) is 0 Å². The maximum absolute atomic E-state index is 10.7. The van der Waals surface area contributed by atoms with Crippen LogP contribution in [0.2, 0.25) is 0 Å². The number of aromatic carboxylic acids is 1. The zero-order valence-corrected chi connectivity index (χ0v) is 8.52. The number of carbonyl (C=O) groups is 1. The standard InChI is InChI=1S/C9H10N2O2S/c1-6-8(9(12)13)14-7(11-6)4-2-3-5-10/h3,5,10H2,1H3,(H,12,13). The second kappa shape index (κ2) is 4.74. The molecule has 0 aliphatic heterocycles. The number of thiazole rings is 1. The average molecular weight is 210 g/mol. The van der Waals surface area contributed by atoms with Gasteiger partial charge in [0.25, 0.3) is 0 Å². The number of rotatable bonds is 2. The molecule has 0 fully saturated rings. The molecule has 1 rings (SSSR count). The molecule has 0 saturated heterocycles. The summed E-state index contributed by atoms with van der Waals surface area (Å²) >= 11 is 1.09. The predicted molar refractivity (Wildman–Crippen MR) is 54.4 cm³/mol. The first-order valence-electron chi connectivity index (χ1n) is 4.04. The Morgan fingerprint density at radius 3 is 2.93 bits per heavy atom. The third kappa shape index (κ3) is 2.55. The first-order valence-corrected chi connectivity index (χ1v) is 4.86. The first kappa shape index (κ1) is 10.7. The van der Waals surface area contributed by atoms with E-state index in [0.29, 0.717) is 23.7 Å². The van der Waals surface area contributed by atoms with Crippen molar-refractivity contribution in [2.75, 3.05) is 6.54 Å². The van der Waals surface area contributed by atoms with E-state index in [1.54, 1.807) is 6.92 Å². The van der Waals surface area contributed by atoms with Crippen molar-refractivity contribution in [3.05, 3.63) is 15.6 Å². The molecule has 0 saturated carbocycles. The predicted octanol–water partition coefficient (Wildman–Crippen LogP) is 0.850. The Hall–Kier alpha value is -1.38. The number of carboxylic acids is 1. The van der Waals surface area contributed by atoms with Crippen molar-refractivity contribution >= 4 is 17.3 Å². The van der Waals surface area contributed by atoms with Crippen LogP contribution >= 0.6 is 11.3 Å². The second-order valence-electron chi connectivity index (χ2n) is 2.58. The molecule has 4 nitrogen and oxygen atoms in total. The fourth-order valence-corrected chi connectivity index (χ4v) is 1.64. The highest BCUT2D eigenvalue weighted by Gasteiger charge is 2.12. The number of hydrogen-bond acceptors (Lipinski definition) is 4. The number of nitrogens with two attached hydrogens (primary N) is 1. The van der Waals surface area contributed by atoms with E-state index in [1.807, 2.05) is 0 Å². The van der Waals surface area contributed by atoms with Crippen LogP contribution in [-0.4, -0.2) is 22.6 Å². The molecule has 74 valence electrons. The zero-order chi connectivity index (χ0) is 10.6. The molecule has 0 amide bonds. The summed E-state index contributed by atoms with van der Waals surface area (Å²) in [7, 11) is 0. The van der Waals surface area contributed by atoms with Gasteiger partial charge in [0.2, 0.25) is 0 Å². The van der Waals surface area contributed by atoms with Crippen LogP contribution < -0.4 is 5.73 Å². The first-order chi connectivity index (χ1) is 6.65. The number of hydrogen-bond donors (Lipinski definition) is 2. The Morgan fingerprint density at radius 1 is 1.71 bits per heavy atom. The topological polar surface area (TPSA) is 76.2 Å². The average Bonchev–Trinajstić information content (AvgIpc) is 2.47. The highest BCUT2D eigenvalue weighted by atomic mass is 32.1. The van der Waals surface area contributed by atoms with Gasteiger partial charge in [-0.2, -0.15) is 0 Å². The van der Waals surface area contributed by atoms with Gasteiger partial charge in [0.1, 0.15) is 4.88 Å². The van der Waals surface area contributed by atoms with Crippen LogP contribution in [0.1, 0.15) is 26.8 Å². The van der Waals surface area contributed by atoms with E-state index in [-0.39, 0.29) is 4.88 Å². The van der Waals surface area contributed by atoms with Crippen LogP contribution in [0.3, 0.4) is 0 Å². The Bertz CT molecular complexity index is 401. The smallest absolute Gasteiger partial charge is 0.347 e. The summed E-state index contributed by atoms with van der Waals surface area (Å²) in [5.74, 6) is 4.63. The molecule has 0 spiro atoms. The van der Waals surface area contributed by atoms with Crippen LogP contribution in [0.25, 0.3) is 0 Å². The molecule has 0 aliphatic rings. The van der Waals surface area contributed by atoms with E-state index in [2.05, 4.69) is 16.8 Å². The summed E-state index contributed by atoms with van der Waals surface area (Å²) in [6.45, 7) is 2.16. The van der Waals surface area contributed by atoms with E-state index in [9.17, 15) is 4.79 Å². The lowest BCUT2D eigenvalue weighted by Gasteiger charge is -1.84. The van der Waals surface area contributed by atoms with Crippen LogP contribution in [0.5, 0.6) is 0 Å². The van der Waals surface area contributed by atoms with E-state index < -0.39 is 5.97 Å². The van der Waals surface area contributed by atoms with Gasteiger partial charge in [-0.15, -0.1) is 0 Å². The van der Waals surface area contributed by atoms with Crippen LogP contribution in [0.4, 0.5) is 0 Å². The van der Waals surface area contributed by atoms with Crippen molar-refractivity contribution in [1.82, 2.24) is 4.98 Å². The lowest BCUT2D eigenvalue weighted by Crippen LogP contribution is -1.95. The van der Waals surface area contributed by atoms with Crippen LogP contribution in [0, 0.1) is 18.8 Å². The van der Waals surface area contributed by atoms with Gasteiger partial charge in [0.05, 0.1) is 5.69 Å². The lowest BCUT2D eigenvalue weighted by molar-refractivity contribution is 0.0701. The van der Waals surface area contributed by atoms with Crippen molar-refractivity contribution in [1.29, 1.82) is 0 Å². The van der Waals surface area contributed by atoms with Gasteiger partial charge in [-0.25, -0.2) is 9.78 Å². The monoisotopic (exact) mass is 210 g/mol. The van der Waals surface area contributed by atoms with Crippen molar-refractivity contribution < 1.29 is 9.90 Å². The molecule has 14 heavy (non-hydrogen) atoms. The normalized spacial score (nSPS) is 9.29. The highest BCUT2D eigenvalue weighted by Crippen LogP contribution is 2.16. The number of nitrogens with zero attached hydrogens (tertiary/aromatic N) is 1. The van der Waals surface area contributed by atoms with Crippen molar-refractivity contribution in [3.8, 4) is 11.8 Å². The lowest BCUT2D eigenvalue weighted by atomic mass is 10.4. The van der Waals surface area contributed by atoms with E-state index in [0.717, 1.165) is 11.3 Å². The summed E-state index contributed by atoms with van der Waals surface area (Å²) < 4.78 is 0. The van der Waals surface area contributed by atoms with Crippen molar-refractivity contribution in [2.45, 2.75) is 13.3 Å². The van der Waals surface area contributed by atoms with Gasteiger partial charge < -0.3 is 10.8 Å². The molecule has 3 N–H and O–H groups in total. The quantitative estimate of drug-likeness (QED) is 0.709. The molecule has 0 aromatic carbocycles. The van der Waals surface area contributed by atoms with Gasteiger partial charge >= 0.3 is 5.97 Å². The zero-order valence-electron chi connectivity index (χ0n) is 7.70. The third-order valence-corrected chi connectivity index (χ3v) is 2.52. The van der Waals surface area contributed by atoms with Gasteiger partial charge in [-0.3, -0.25) is 0 Å². The maximum atomic E-state index is 10.7. The number of aryl methyl sites for hydroxylation is 1. The summed E-state index contributed by atoms with van der Waals surface area (Å²) in [5, 5.41) is 9.29. The molecule has 0 unspecified atom stereocenters. The molecule has 1 aromatic rings. The Labute approximate surface area is 85.8 Å². The van der Waals surface area contributed by atoms with Gasteiger partial charge in [-0.1, -0.05) is 17.3 Å². The summed E-state index contributed by atoms with van der Waals surface area (Å²) in [5.41, 5.74) is 5.78. The van der Waals surface area contributed by atoms with Gasteiger partial charge in [0, 0.05) is 13.0 Å². The second-order valence-corrected chi connectivity index (χ2v) is 3.58. The summed E-state index contributed by atoms with van der Waals surface area (Å²) in [4.78, 5) is 14.9. The molecule has 5 heteroatoms. The maximum Gasteiger partial charge on any atom is 0.347 e. The molecule has 1 aromatic heterocycles. The number of aromatic nitrogens is 1. The van der Waals surface area contributed by atoms with Gasteiger partial charge in [-0.05, 0) is 12.8 Å². The van der Waals surface area contributed by atoms with Crippen LogP contribution in [0.15, 0.2) is 0 Å². The molecule has 0 bridgehead atoms. The molecular formula is C9H10N2O2S. The van der Waals surface area contributed by atoms with E-state index >= 15 is 0 Å². The Kier molecular flexibility index (Phi) is 3.63.